The molecule has 22 heavy (non-hydrogen) atoms. The molecule has 0 aromatic carbocycles. The Morgan fingerprint density at radius 1 is 1.50 bits per heavy atom. The van der Waals surface area contributed by atoms with E-state index in [2.05, 4.69) is 5.32 Å². The summed E-state index contributed by atoms with van der Waals surface area (Å²) in [6.45, 7) is 0.310. The Kier molecular flexibility index (Phi) is 6.23. The number of hydrogen-bond donors (Lipinski definition) is 5. The molecule has 0 spiro atoms. The highest BCUT2D eigenvalue weighted by atomic mass is 16.7. The van der Waals surface area contributed by atoms with E-state index in [9.17, 15) is 30.0 Å². The molecular weight excluding hydrogens is 302 g/mol. The Balaban J connectivity index is 3.14. The Morgan fingerprint density at radius 3 is 2.50 bits per heavy atom. The maximum atomic E-state index is 11.2. The predicted molar refractivity (Wildman–Crippen MR) is 66.9 cm³/mol. The number of carboxylic acids is 1. The van der Waals surface area contributed by atoms with E-state index in [-0.39, 0.29) is 0 Å². The fourth-order valence-corrected chi connectivity index (χ4v) is 2.33. The van der Waals surface area contributed by atoms with Gasteiger partial charge in [-0.3, -0.25) is 4.79 Å². The van der Waals surface area contributed by atoms with Gasteiger partial charge in [0.25, 0.3) is 0 Å². The van der Waals surface area contributed by atoms with Gasteiger partial charge in [0.05, 0.1) is 18.8 Å². The molecule has 1 aliphatic rings. The highest BCUT2D eigenvalue weighted by Crippen LogP contribution is 2.32. The third-order valence-corrected chi connectivity index (χ3v) is 3.50. The highest BCUT2D eigenvalue weighted by Gasteiger charge is 2.51. The number of ether oxygens (including phenoxy) is 2. The number of carbonyl (C=O) groups is 2. The van der Waals surface area contributed by atoms with Crippen LogP contribution in [0.1, 0.15) is 13.3 Å². The van der Waals surface area contributed by atoms with Crippen LogP contribution in [0.4, 0.5) is 0 Å². The van der Waals surface area contributed by atoms with Gasteiger partial charge in [-0.05, 0) is 0 Å². The molecular formula is C12H20NO9-. The number of aliphatic hydroxyl groups excluding tert-OH is 4. The Labute approximate surface area is 126 Å². The number of aliphatic carboxylic acids is 1. The van der Waals surface area contributed by atoms with Crippen LogP contribution in [0.3, 0.4) is 0 Å². The van der Waals surface area contributed by atoms with E-state index >= 15 is 0 Å². The molecule has 5 N–H and O–H groups in total. The van der Waals surface area contributed by atoms with Crippen LogP contribution in [0, 0.1) is 0 Å². The number of aliphatic hydroxyl groups is 4. The molecule has 1 amide bonds. The number of rotatable bonds is 6. The summed E-state index contributed by atoms with van der Waals surface area (Å²) in [6, 6.07) is -1.21. The number of amides is 1. The normalized spacial score (nSPS) is 34.7. The summed E-state index contributed by atoms with van der Waals surface area (Å²) in [7, 11) is 1.01. The van der Waals surface area contributed by atoms with E-state index in [1.165, 1.54) is 0 Å². The van der Waals surface area contributed by atoms with Gasteiger partial charge in [-0.25, -0.2) is 0 Å². The second-order valence-corrected chi connectivity index (χ2v) is 5.07. The quantitative estimate of drug-likeness (QED) is 0.323. The second-order valence-electron chi connectivity index (χ2n) is 5.07. The number of carboxylic acid groups (broad SMARTS) is 1. The van der Waals surface area contributed by atoms with E-state index in [4.69, 9.17) is 14.6 Å². The number of methoxy groups -OCH3 is 1. The summed E-state index contributed by atoms with van der Waals surface area (Å²) in [6.07, 6.45) is -7.03. The van der Waals surface area contributed by atoms with Gasteiger partial charge in [0, 0.05) is 20.5 Å². The van der Waals surface area contributed by atoms with Crippen LogP contribution in [-0.2, 0) is 19.1 Å². The lowest BCUT2D eigenvalue weighted by Gasteiger charge is -2.48. The van der Waals surface area contributed by atoms with Gasteiger partial charge < -0.3 is 45.1 Å². The summed E-state index contributed by atoms with van der Waals surface area (Å²) >= 11 is 0. The molecule has 1 rings (SSSR count). The van der Waals surface area contributed by atoms with Gasteiger partial charge in [-0.2, -0.15) is 0 Å². The molecule has 1 heterocycles. The van der Waals surface area contributed by atoms with Crippen molar-refractivity contribution < 1.29 is 44.6 Å². The summed E-state index contributed by atoms with van der Waals surface area (Å²) < 4.78 is 9.92. The summed E-state index contributed by atoms with van der Waals surface area (Å²) in [5.41, 5.74) is 0. The first-order valence-corrected chi connectivity index (χ1v) is 6.55. The lowest BCUT2D eigenvalue weighted by molar-refractivity contribution is -0.378. The number of carbonyl (C=O) groups excluding carboxylic acids is 2. The molecule has 0 aliphatic carbocycles. The lowest BCUT2D eigenvalue weighted by Crippen LogP contribution is -2.69. The zero-order valence-electron chi connectivity index (χ0n) is 12.1. The number of nitrogens with one attached hydrogen (secondary N) is 1. The molecule has 1 saturated heterocycles. The fraction of sp³-hybridized carbons (Fsp3) is 0.833. The largest absolute Gasteiger partial charge is 0.544 e. The van der Waals surface area contributed by atoms with Crippen molar-refractivity contribution in [1.29, 1.82) is 0 Å². The van der Waals surface area contributed by atoms with Crippen LogP contribution in [-0.4, -0.2) is 82.3 Å². The molecule has 128 valence electrons. The van der Waals surface area contributed by atoms with Crippen molar-refractivity contribution in [3.8, 4) is 0 Å². The van der Waals surface area contributed by atoms with Crippen molar-refractivity contribution in [1.82, 2.24) is 5.32 Å². The van der Waals surface area contributed by atoms with Crippen LogP contribution >= 0.6 is 0 Å². The SMILES string of the molecule is CO[C@]1(C(=O)[O-])C[C@H](O)[C@@H](NC(C)=O)[C@H]([C@H](O)[C@H](O)CO)O1. The van der Waals surface area contributed by atoms with Gasteiger partial charge in [0.1, 0.15) is 24.3 Å². The summed E-state index contributed by atoms with van der Waals surface area (Å²) in [5.74, 6) is -4.71. The molecule has 10 heteroatoms. The smallest absolute Gasteiger partial charge is 0.217 e. The molecule has 0 bridgehead atoms. The molecule has 0 saturated carbocycles. The van der Waals surface area contributed by atoms with Crippen LogP contribution in [0.5, 0.6) is 0 Å². The van der Waals surface area contributed by atoms with Crippen LogP contribution < -0.4 is 10.4 Å². The van der Waals surface area contributed by atoms with Gasteiger partial charge in [-0.1, -0.05) is 0 Å². The Hall–Kier alpha value is -1.30. The zero-order chi connectivity index (χ0) is 17.1. The molecule has 6 atom stereocenters. The third-order valence-electron chi connectivity index (χ3n) is 3.50. The Morgan fingerprint density at radius 2 is 2.09 bits per heavy atom. The molecule has 10 nitrogen and oxygen atoms in total. The zero-order valence-corrected chi connectivity index (χ0v) is 12.1. The van der Waals surface area contributed by atoms with Gasteiger partial charge in [0.15, 0.2) is 0 Å². The highest BCUT2D eigenvalue weighted by molar-refractivity contribution is 5.75. The minimum absolute atomic E-state index is 0.560. The Bertz CT molecular complexity index is 417. The molecule has 0 aromatic heterocycles. The van der Waals surface area contributed by atoms with Crippen LogP contribution in [0.15, 0.2) is 0 Å². The molecule has 1 aliphatic heterocycles. The topological polar surface area (TPSA) is 169 Å². The molecule has 1 fully saturated rings. The first-order valence-electron chi connectivity index (χ1n) is 6.55. The maximum absolute atomic E-state index is 11.2. The molecule has 0 unspecified atom stereocenters. The van der Waals surface area contributed by atoms with Gasteiger partial charge >= 0.3 is 0 Å². The van der Waals surface area contributed by atoms with Crippen LogP contribution in [0.2, 0.25) is 0 Å². The van der Waals surface area contributed by atoms with Gasteiger partial charge in [0.2, 0.25) is 11.7 Å². The minimum Gasteiger partial charge on any atom is -0.544 e. The minimum atomic E-state index is -2.35. The van der Waals surface area contributed by atoms with Crippen molar-refractivity contribution in [2.45, 2.75) is 49.6 Å². The average Bonchev–Trinajstić information content (AvgIpc) is 2.46. The fourth-order valence-electron chi connectivity index (χ4n) is 2.33. The molecule has 0 radical (unpaired) electrons. The summed E-state index contributed by atoms with van der Waals surface area (Å²) in [5, 5.41) is 52.0. The van der Waals surface area contributed by atoms with Crippen molar-refractivity contribution in [2.75, 3.05) is 13.7 Å². The second kappa shape index (κ2) is 7.31. The lowest BCUT2D eigenvalue weighted by atomic mass is 9.88. The maximum Gasteiger partial charge on any atom is 0.217 e. The van der Waals surface area contributed by atoms with E-state index in [0.29, 0.717) is 0 Å². The first-order chi connectivity index (χ1) is 10.2. The van der Waals surface area contributed by atoms with Crippen molar-refractivity contribution in [2.24, 2.45) is 0 Å². The van der Waals surface area contributed by atoms with E-state index in [1.54, 1.807) is 0 Å². The van der Waals surface area contributed by atoms with Crippen molar-refractivity contribution in [3.63, 3.8) is 0 Å². The molecule has 0 aromatic rings. The number of hydrogen-bond acceptors (Lipinski definition) is 9. The predicted octanol–water partition coefficient (Wildman–Crippen LogP) is -4.55. The van der Waals surface area contributed by atoms with E-state index < -0.39 is 61.1 Å². The van der Waals surface area contributed by atoms with Gasteiger partial charge in [-0.15, -0.1) is 0 Å². The first kappa shape index (κ1) is 18.7. The summed E-state index contributed by atoms with van der Waals surface area (Å²) in [4.78, 5) is 22.4. The van der Waals surface area contributed by atoms with E-state index in [0.717, 1.165) is 14.0 Å². The van der Waals surface area contributed by atoms with Crippen molar-refractivity contribution >= 4 is 11.9 Å². The average molecular weight is 322 g/mol. The van der Waals surface area contributed by atoms with Crippen LogP contribution in [0.25, 0.3) is 0 Å². The van der Waals surface area contributed by atoms with Crippen molar-refractivity contribution in [3.05, 3.63) is 0 Å². The van der Waals surface area contributed by atoms with E-state index in [1.807, 2.05) is 0 Å². The monoisotopic (exact) mass is 322 g/mol. The third kappa shape index (κ3) is 3.72. The standard InChI is InChI=1S/C12H21NO9/c1-5(15)13-8-6(16)3-12(21-2,11(19)20)22-10(8)9(18)7(17)4-14/h6-10,14,16-18H,3-4H2,1-2H3,(H,13,15)(H,19,20)/p-1/t6-,7+,8+,9+,10+,12+/m0/s1.